The van der Waals surface area contributed by atoms with Gasteiger partial charge in [0.05, 0.1) is 24.7 Å². The van der Waals surface area contributed by atoms with Crippen molar-refractivity contribution < 1.29 is 28.7 Å². The van der Waals surface area contributed by atoms with Crippen molar-refractivity contribution in [2.75, 3.05) is 14.2 Å². The van der Waals surface area contributed by atoms with Gasteiger partial charge in [-0.2, -0.15) is 0 Å². The Morgan fingerprint density at radius 1 is 1.02 bits per heavy atom. The predicted molar refractivity (Wildman–Crippen MR) is 153 cm³/mol. The summed E-state index contributed by atoms with van der Waals surface area (Å²) in [7, 11) is 3.13. The van der Waals surface area contributed by atoms with Crippen molar-refractivity contribution in [3.8, 4) is 11.5 Å². The summed E-state index contributed by atoms with van der Waals surface area (Å²) < 4.78 is 16.8. The zero-order valence-electron chi connectivity index (χ0n) is 23.3. The number of methoxy groups -OCH3 is 2. The van der Waals surface area contributed by atoms with Crippen molar-refractivity contribution in [3.05, 3.63) is 85.2 Å². The molecule has 1 fully saturated rings. The summed E-state index contributed by atoms with van der Waals surface area (Å²) in [4.78, 5) is 38.9. The average Bonchev–Trinajstić information content (AvgIpc) is 2.96. The molecule has 2 aromatic carbocycles. The number of nitrogens with zero attached hydrogens (tertiary/aromatic N) is 1. The van der Waals surface area contributed by atoms with Crippen LogP contribution in [0.3, 0.4) is 0 Å². The van der Waals surface area contributed by atoms with E-state index < -0.39 is 16.8 Å². The summed E-state index contributed by atoms with van der Waals surface area (Å²) in [5.74, 6) is -0.586. The number of ketones is 1. The van der Waals surface area contributed by atoms with E-state index in [9.17, 15) is 19.7 Å². The number of dihydropyridines is 1. The second kappa shape index (κ2) is 11.9. The van der Waals surface area contributed by atoms with Gasteiger partial charge in [-0.3, -0.25) is 14.9 Å². The third-order valence-corrected chi connectivity index (χ3v) is 8.60. The number of carbonyl (C=O) groups is 2. The predicted octanol–water partition coefficient (Wildman–Crippen LogP) is 6.50. The molecule has 0 spiro atoms. The van der Waals surface area contributed by atoms with Crippen molar-refractivity contribution >= 4 is 29.0 Å². The first kappa shape index (κ1) is 28.7. The monoisotopic (exact) mass is 580 g/mol. The number of ether oxygens (including phenoxy) is 3. The largest absolute Gasteiger partial charge is 0.493 e. The number of carbonyl (C=O) groups excluding carboxylic acids is 2. The van der Waals surface area contributed by atoms with Gasteiger partial charge >= 0.3 is 5.97 Å². The zero-order valence-corrected chi connectivity index (χ0v) is 24.1. The summed E-state index contributed by atoms with van der Waals surface area (Å²) in [5, 5.41) is 15.2. The number of nitro groups is 1. The number of rotatable bonds is 7. The van der Waals surface area contributed by atoms with Crippen LogP contribution in [0.15, 0.2) is 58.9 Å². The van der Waals surface area contributed by atoms with E-state index in [1.165, 1.54) is 18.2 Å². The number of halogens is 1. The van der Waals surface area contributed by atoms with Gasteiger partial charge < -0.3 is 19.5 Å². The van der Waals surface area contributed by atoms with Gasteiger partial charge in [-0.1, -0.05) is 24.1 Å². The minimum atomic E-state index is -0.895. The molecule has 216 valence electrons. The molecule has 1 saturated carbocycles. The second-order valence-electron chi connectivity index (χ2n) is 10.8. The van der Waals surface area contributed by atoms with Gasteiger partial charge in [0, 0.05) is 46.5 Å². The molecule has 2 aliphatic carbocycles. The maximum absolute atomic E-state index is 14.0. The lowest BCUT2D eigenvalue weighted by atomic mass is 9.71. The Morgan fingerprint density at radius 3 is 2.44 bits per heavy atom. The highest BCUT2D eigenvalue weighted by Crippen LogP contribution is 2.48. The maximum Gasteiger partial charge on any atom is 0.337 e. The molecule has 5 rings (SSSR count). The number of non-ortho nitro benzene ring substituents is 1. The van der Waals surface area contributed by atoms with E-state index in [0.717, 1.165) is 37.7 Å². The Balaban J connectivity index is 1.57. The second-order valence-corrected chi connectivity index (χ2v) is 11.2. The lowest BCUT2D eigenvalue weighted by Gasteiger charge is -2.37. The Kier molecular flexibility index (Phi) is 8.35. The number of allylic oxidation sites excluding steroid dienone is 3. The molecule has 41 heavy (non-hydrogen) atoms. The van der Waals surface area contributed by atoms with E-state index in [1.807, 2.05) is 18.2 Å². The van der Waals surface area contributed by atoms with Crippen LogP contribution in [0.1, 0.15) is 74.8 Å². The van der Waals surface area contributed by atoms with Crippen LogP contribution in [0.2, 0.25) is 5.02 Å². The molecule has 0 radical (unpaired) electrons. The van der Waals surface area contributed by atoms with Crippen LogP contribution in [-0.4, -0.2) is 37.0 Å². The fraction of sp³-hybridized carbons (Fsp3) is 0.419. The Bertz CT molecular complexity index is 1460. The summed E-state index contributed by atoms with van der Waals surface area (Å²) in [5.41, 5.74) is 2.94. The average molecular weight is 581 g/mol. The van der Waals surface area contributed by atoms with Gasteiger partial charge in [0.2, 0.25) is 0 Å². The summed E-state index contributed by atoms with van der Waals surface area (Å²) in [6.07, 6.45) is 5.12. The van der Waals surface area contributed by atoms with Gasteiger partial charge in [-0.05, 0) is 74.3 Å². The molecule has 3 aliphatic rings. The number of nitro benzene ring substituents is 1. The fourth-order valence-corrected chi connectivity index (χ4v) is 6.45. The van der Waals surface area contributed by atoms with Crippen molar-refractivity contribution in [1.82, 2.24) is 5.32 Å². The smallest absolute Gasteiger partial charge is 0.337 e. The van der Waals surface area contributed by atoms with Gasteiger partial charge in [0.25, 0.3) is 5.69 Å². The Morgan fingerprint density at radius 2 is 1.76 bits per heavy atom. The molecule has 0 saturated heterocycles. The van der Waals surface area contributed by atoms with Crippen molar-refractivity contribution in [1.29, 1.82) is 0 Å². The normalized spacial score (nSPS) is 21.2. The standard InChI is InChI=1S/C31H33ClN2O7/c1-17-28(31(36)41-21-7-5-4-6-8-21)29(22-16-20(34(37)38)10-11-23(22)32)30-24(33-17)13-19(14-25(30)35)18-9-12-26(39-2)27(15-18)40-3/h9-12,15-16,19,21,29,33H,4-8,13-14H2,1-3H3. The zero-order chi connectivity index (χ0) is 29.3. The SMILES string of the molecule is COc1ccc(C2CC(=O)C3=C(C2)NC(C)=C(C(=O)OC2CCCCC2)C3c2cc([N+](=O)[O-])ccc2Cl)cc1OC. The molecule has 0 amide bonds. The van der Waals surface area contributed by atoms with Gasteiger partial charge in [-0.15, -0.1) is 0 Å². The van der Waals surface area contributed by atoms with Crippen LogP contribution >= 0.6 is 11.6 Å². The molecule has 9 nitrogen and oxygen atoms in total. The number of nitrogens with one attached hydrogen (secondary N) is 1. The molecule has 2 aromatic rings. The molecule has 0 aromatic heterocycles. The molecular weight excluding hydrogens is 548 g/mol. The van der Waals surface area contributed by atoms with E-state index in [2.05, 4.69) is 5.32 Å². The van der Waals surface area contributed by atoms with Crippen LogP contribution in [-0.2, 0) is 14.3 Å². The first-order chi connectivity index (χ1) is 19.7. The molecule has 10 heteroatoms. The quantitative estimate of drug-likeness (QED) is 0.224. The lowest BCUT2D eigenvalue weighted by molar-refractivity contribution is -0.384. The first-order valence-corrected chi connectivity index (χ1v) is 14.2. The van der Waals surface area contributed by atoms with Crippen LogP contribution in [0.5, 0.6) is 11.5 Å². The highest BCUT2D eigenvalue weighted by atomic mass is 35.5. The van der Waals surface area contributed by atoms with Crippen LogP contribution in [0.4, 0.5) is 5.69 Å². The Hall–Kier alpha value is -3.85. The molecule has 2 unspecified atom stereocenters. The summed E-state index contributed by atoms with van der Waals surface area (Å²) >= 11 is 6.63. The fourth-order valence-electron chi connectivity index (χ4n) is 6.23. The third kappa shape index (κ3) is 5.68. The van der Waals surface area contributed by atoms with E-state index in [1.54, 1.807) is 21.1 Å². The number of hydrogen-bond acceptors (Lipinski definition) is 8. The molecule has 1 heterocycles. The number of Topliss-reactive ketones (excluding diaryl/α,β-unsaturated/α-hetero) is 1. The number of benzene rings is 2. The topological polar surface area (TPSA) is 117 Å². The third-order valence-electron chi connectivity index (χ3n) is 8.25. The summed E-state index contributed by atoms with van der Waals surface area (Å²) in [6, 6.07) is 9.71. The van der Waals surface area contributed by atoms with E-state index in [-0.39, 0.29) is 40.5 Å². The maximum atomic E-state index is 14.0. The van der Waals surface area contributed by atoms with Crippen molar-refractivity contribution in [2.45, 2.75) is 69.8 Å². The van der Waals surface area contributed by atoms with Gasteiger partial charge in [-0.25, -0.2) is 4.79 Å². The van der Waals surface area contributed by atoms with Crippen molar-refractivity contribution in [2.24, 2.45) is 0 Å². The van der Waals surface area contributed by atoms with E-state index >= 15 is 0 Å². The van der Waals surface area contributed by atoms with Crippen LogP contribution in [0, 0.1) is 10.1 Å². The lowest BCUT2D eigenvalue weighted by Crippen LogP contribution is -2.37. The van der Waals surface area contributed by atoms with Crippen LogP contribution < -0.4 is 14.8 Å². The number of hydrogen-bond donors (Lipinski definition) is 1. The first-order valence-electron chi connectivity index (χ1n) is 13.8. The molecule has 1 aliphatic heterocycles. The minimum absolute atomic E-state index is 0.154. The van der Waals surface area contributed by atoms with Gasteiger partial charge in [0.1, 0.15) is 6.10 Å². The molecule has 1 N–H and O–H groups in total. The van der Waals surface area contributed by atoms with Crippen LogP contribution in [0.25, 0.3) is 0 Å². The molecular formula is C31H33ClN2O7. The molecule has 2 atom stereocenters. The minimum Gasteiger partial charge on any atom is -0.493 e. The summed E-state index contributed by atoms with van der Waals surface area (Å²) in [6.45, 7) is 1.77. The van der Waals surface area contributed by atoms with E-state index in [0.29, 0.717) is 40.5 Å². The Labute approximate surface area is 243 Å². The van der Waals surface area contributed by atoms with Gasteiger partial charge in [0.15, 0.2) is 17.3 Å². The molecule has 0 bridgehead atoms. The highest BCUT2D eigenvalue weighted by Gasteiger charge is 2.43. The van der Waals surface area contributed by atoms with Crippen molar-refractivity contribution in [3.63, 3.8) is 0 Å². The number of esters is 1. The highest BCUT2D eigenvalue weighted by molar-refractivity contribution is 6.31. The van der Waals surface area contributed by atoms with E-state index in [4.69, 9.17) is 25.8 Å².